The van der Waals surface area contributed by atoms with Gasteiger partial charge in [0, 0.05) is 23.8 Å². The molecule has 0 radical (unpaired) electrons. The van der Waals surface area contributed by atoms with Crippen molar-refractivity contribution in [3.8, 4) is 22.8 Å². The summed E-state index contributed by atoms with van der Waals surface area (Å²) in [6, 6.07) is 17.6. The van der Waals surface area contributed by atoms with Gasteiger partial charge in [-0.3, -0.25) is 4.57 Å². The smallest absolute Gasteiger partial charge is 0.226 e. The Kier molecular flexibility index (Phi) is 5.67. The molecule has 0 bridgehead atoms. The molecular formula is C20H19N5O2S. The summed E-state index contributed by atoms with van der Waals surface area (Å²) in [5.41, 5.74) is 1.93. The van der Waals surface area contributed by atoms with E-state index in [0.717, 1.165) is 40.8 Å². The van der Waals surface area contributed by atoms with Gasteiger partial charge in [0.05, 0.1) is 12.8 Å². The van der Waals surface area contributed by atoms with Crippen molar-refractivity contribution in [1.82, 2.24) is 24.9 Å². The molecule has 0 aliphatic rings. The Morgan fingerprint density at radius 2 is 2.00 bits per heavy atom. The van der Waals surface area contributed by atoms with Crippen LogP contribution in [0, 0.1) is 0 Å². The van der Waals surface area contributed by atoms with Crippen LogP contribution in [0.25, 0.3) is 17.1 Å². The number of aromatic nitrogens is 5. The second-order valence-corrected chi connectivity index (χ2v) is 7.08. The van der Waals surface area contributed by atoms with E-state index in [0.29, 0.717) is 11.7 Å². The van der Waals surface area contributed by atoms with Crippen molar-refractivity contribution in [2.24, 2.45) is 0 Å². The number of thioether (sulfide) groups is 1. The molecule has 0 saturated heterocycles. The predicted molar refractivity (Wildman–Crippen MR) is 107 cm³/mol. The van der Waals surface area contributed by atoms with Gasteiger partial charge in [0.25, 0.3) is 0 Å². The fraction of sp³-hybridized carbons (Fsp3) is 0.200. The van der Waals surface area contributed by atoms with Crippen LogP contribution in [-0.2, 0) is 6.42 Å². The largest absolute Gasteiger partial charge is 0.497 e. The molecule has 0 saturated carbocycles. The molecule has 2 aromatic carbocycles. The predicted octanol–water partition coefficient (Wildman–Crippen LogP) is 4.05. The third-order valence-corrected chi connectivity index (χ3v) is 5.14. The monoisotopic (exact) mass is 393 g/mol. The van der Waals surface area contributed by atoms with Crippen molar-refractivity contribution in [3.05, 3.63) is 66.8 Å². The Balaban J connectivity index is 1.33. The molecule has 0 fully saturated rings. The molecule has 2 aromatic heterocycles. The number of methoxy groups -OCH3 is 1. The van der Waals surface area contributed by atoms with Crippen LogP contribution < -0.4 is 4.74 Å². The van der Waals surface area contributed by atoms with Crippen LogP contribution >= 0.6 is 11.8 Å². The molecule has 7 nitrogen and oxygen atoms in total. The molecule has 28 heavy (non-hydrogen) atoms. The van der Waals surface area contributed by atoms with Gasteiger partial charge < -0.3 is 9.26 Å². The lowest BCUT2D eigenvalue weighted by atomic mass is 10.2. The summed E-state index contributed by atoms with van der Waals surface area (Å²) < 4.78 is 12.6. The van der Waals surface area contributed by atoms with Crippen LogP contribution in [0.4, 0.5) is 0 Å². The zero-order chi connectivity index (χ0) is 19.2. The van der Waals surface area contributed by atoms with Gasteiger partial charge in [-0.25, -0.2) is 0 Å². The van der Waals surface area contributed by atoms with Crippen LogP contribution in [-0.4, -0.2) is 37.8 Å². The Morgan fingerprint density at radius 1 is 1.11 bits per heavy atom. The summed E-state index contributed by atoms with van der Waals surface area (Å²) in [4.78, 5) is 4.47. The van der Waals surface area contributed by atoms with Gasteiger partial charge in [-0.15, -0.1) is 10.2 Å². The highest BCUT2D eigenvalue weighted by molar-refractivity contribution is 7.99. The van der Waals surface area contributed by atoms with E-state index in [2.05, 4.69) is 20.3 Å². The topological polar surface area (TPSA) is 78.9 Å². The summed E-state index contributed by atoms with van der Waals surface area (Å²) >= 11 is 1.64. The Labute approximate surface area is 166 Å². The zero-order valence-corrected chi connectivity index (χ0v) is 16.2. The minimum Gasteiger partial charge on any atom is -0.497 e. The van der Waals surface area contributed by atoms with Gasteiger partial charge >= 0.3 is 0 Å². The lowest BCUT2D eigenvalue weighted by molar-refractivity contribution is 0.378. The number of ether oxygens (including phenoxy) is 1. The number of nitrogens with zero attached hydrogens (tertiary/aromatic N) is 5. The molecule has 0 aliphatic heterocycles. The lowest BCUT2D eigenvalue weighted by Gasteiger charge is -2.07. The van der Waals surface area contributed by atoms with E-state index in [9.17, 15) is 0 Å². The SMILES string of the molecule is COc1cccc(-n2cnnc2SCCCc2nc(-c3ccccc3)no2)c1. The van der Waals surface area contributed by atoms with Crippen molar-refractivity contribution in [1.29, 1.82) is 0 Å². The van der Waals surface area contributed by atoms with E-state index < -0.39 is 0 Å². The van der Waals surface area contributed by atoms with E-state index in [1.807, 2.05) is 59.2 Å². The van der Waals surface area contributed by atoms with Crippen molar-refractivity contribution < 1.29 is 9.26 Å². The third-order valence-electron chi connectivity index (χ3n) is 4.11. The van der Waals surface area contributed by atoms with Crippen molar-refractivity contribution >= 4 is 11.8 Å². The lowest BCUT2D eigenvalue weighted by Crippen LogP contribution is -1.97. The molecule has 4 rings (SSSR count). The highest BCUT2D eigenvalue weighted by Crippen LogP contribution is 2.23. The first kappa shape index (κ1) is 18.2. The second-order valence-electron chi connectivity index (χ2n) is 6.01. The third kappa shape index (κ3) is 4.23. The van der Waals surface area contributed by atoms with E-state index in [1.165, 1.54) is 0 Å². The van der Waals surface area contributed by atoms with Gasteiger partial charge in [0.2, 0.25) is 11.7 Å². The van der Waals surface area contributed by atoms with Crippen LogP contribution in [0.2, 0.25) is 0 Å². The van der Waals surface area contributed by atoms with Crippen molar-refractivity contribution in [2.75, 3.05) is 12.9 Å². The fourth-order valence-corrected chi connectivity index (χ4v) is 3.58. The van der Waals surface area contributed by atoms with Crippen molar-refractivity contribution in [3.63, 3.8) is 0 Å². The Bertz CT molecular complexity index is 1030. The minimum absolute atomic E-state index is 0.626. The van der Waals surface area contributed by atoms with Gasteiger partial charge in [0.15, 0.2) is 5.16 Å². The molecule has 4 aromatic rings. The van der Waals surface area contributed by atoms with E-state index in [-0.39, 0.29) is 0 Å². The highest BCUT2D eigenvalue weighted by atomic mass is 32.2. The zero-order valence-electron chi connectivity index (χ0n) is 15.4. The molecule has 0 N–H and O–H groups in total. The molecule has 0 spiro atoms. The van der Waals surface area contributed by atoms with Gasteiger partial charge in [-0.05, 0) is 18.6 Å². The van der Waals surface area contributed by atoms with E-state index >= 15 is 0 Å². The van der Waals surface area contributed by atoms with Crippen molar-refractivity contribution in [2.45, 2.75) is 18.0 Å². The maximum atomic E-state index is 5.36. The number of hydrogen-bond donors (Lipinski definition) is 0. The number of hydrogen-bond acceptors (Lipinski definition) is 7. The Hall–Kier alpha value is -3.13. The first-order valence-corrected chi connectivity index (χ1v) is 9.87. The average Bonchev–Trinajstić information content (AvgIpc) is 3.41. The maximum absolute atomic E-state index is 5.36. The molecular weight excluding hydrogens is 374 g/mol. The molecule has 0 aliphatic carbocycles. The number of rotatable bonds is 8. The Morgan fingerprint density at radius 3 is 2.86 bits per heavy atom. The molecule has 2 heterocycles. The fourth-order valence-electron chi connectivity index (χ4n) is 2.71. The molecule has 0 amide bonds. The number of benzene rings is 2. The summed E-state index contributed by atoms with van der Waals surface area (Å²) in [6.45, 7) is 0. The van der Waals surface area contributed by atoms with Gasteiger partial charge in [0.1, 0.15) is 12.1 Å². The molecule has 142 valence electrons. The first-order chi connectivity index (χ1) is 13.8. The second kappa shape index (κ2) is 8.71. The van der Waals surface area contributed by atoms with Crippen LogP contribution in [0.3, 0.4) is 0 Å². The van der Waals surface area contributed by atoms with Gasteiger partial charge in [-0.2, -0.15) is 4.98 Å². The summed E-state index contributed by atoms with van der Waals surface area (Å²) in [5.74, 6) is 2.94. The molecule has 0 unspecified atom stereocenters. The van der Waals surface area contributed by atoms with E-state index in [1.54, 1.807) is 25.2 Å². The van der Waals surface area contributed by atoms with Gasteiger partial charge in [-0.1, -0.05) is 53.3 Å². The average molecular weight is 393 g/mol. The minimum atomic E-state index is 0.626. The summed E-state index contributed by atoms with van der Waals surface area (Å²) in [5, 5.41) is 13.1. The molecule has 0 atom stereocenters. The quantitative estimate of drug-likeness (QED) is 0.330. The highest BCUT2D eigenvalue weighted by Gasteiger charge is 2.10. The molecule has 8 heteroatoms. The van der Waals surface area contributed by atoms with Crippen LogP contribution in [0.1, 0.15) is 12.3 Å². The standard InChI is InChI=1S/C20H19N5O2S/c1-26-17-10-5-9-16(13-17)25-14-21-23-20(25)28-12-6-11-18-22-19(24-27-18)15-7-3-2-4-8-15/h2-5,7-10,13-14H,6,11-12H2,1H3. The summed E-state index contributed by atoms with van der Waals surface area (Å²) in [7, 11) is 1.65. The van der Waals surface area contributed by atoms with Crippen LogP contribution in [0.5, 0.6) is 5.75 Å². The van der Waals surface area contributed by atoms with Crippen LogP contribution in [0.15, 0.2) is 70.6 Å². The van der Waals surface area contributed by atoms with E-state index in [4.69, 9.17) is 9.26 Å². The normalized spacial score (nSPS) is 10.9. The number of aryl methyl sites for hydroxylation is 1. The maximum Gasteiger partial charge on any atom is 0.226 e. The summed E-state index contributed by atoms with van der Waals surface area (Å²) in [6.07, 6.45) is 3.33. The first-order valence-electron chi connectivity index (χ1n) is 8.89.